The van der Waals surface area contributed by atoms with Crippen molar-refractivity contribution in [2.75, 3.05) is 0 Å². The lowest BCUT2D eigenvalue weighted by Crippen LogP contribution is -2.19. The Labute approximate surface area is 101 Å². The van der Waals surface area contributed by atoms with E-state index in [1.807, 2.05) is 0 Å². The second kappa shape index (κ2) is 2.64. The molecule has 17 heavy (non-hydrogen) atoms. The van der Waals surface area contributed by atoms with Crippen molar-refractivity contribution in [2.45, 2.75) is 31.6 Å². The van der Waals surface area contributed by atoms with Gasteiger partial charge in [0.25, 0.3) is 0 Å². The van der Waals surface area contributed by atoms with E-state index in [1.54, 1.807) is 33.2 Å². The first kappa shape index (κ1) is 8.52. The molecule has 0 amide bonds. The maximum Gasteiger partial charge on any atom is 0.00636 e. The van der Waals surface area contributed by atoms with Crippen LogP contribution in [0.5, 0.6) is 0 Å². The fourth-order valence-electron chi connectivity index (χ4n) is 4.14. The molecule has 1 atom stereocenters. The van der Waals surface area contributed by atoms with E-state index in [1.165, 1.54) is 31.1 Å². The summed E-state index contributed by atoms with van der Waals surface area (Å²) in [6.45, 7) is 0. The Kier molecular flexibility index (Phi) is 1.32. The second-order valence-electron chi connectivity index (χ2n) is 5.64. The van der Waals surface area contributed by atoms with Crippen molar-refractivity contribution in [3.63, 3.8) is 0 Å². The van der Waals surface area contributed by atoms with Gasteiger partial charge in [-0.2, -0.15) is 0 Å². The minimum absolute atomic E-state index is 0.773. The van der Waals surface area contributed by atoms with Gasteiger partial charge in [0.05, 0.1) is 0 Å². The molecule has 0 heterocycles. The number of rotatable bonds is 0. The van der Waals surface area contributed by atoms with Gasteiger partial charge in [0.15, 0.2) is 0 Å². The summed E-state index contributed by atoms with van der Waals surface area (Å²) >= 11 is 0. The Hall–Kier alpha value is -1.56. The van der Waals surface area contributed by atoms with Gasteiger partial charge >= 0.3 is 0 Å². The fourth-order valence-corrected chi connectivity index (χ4v) is 4.14. The molecule has 0 nitrogen and oxygen atoms in total. The van der Waals surface area contributed by atoms with Crippen molar-refractivity contribution >= 4 is 16.3 Å². The number of fused-ring (bicyclic) bond motifs is 2. The average molecular weight is 218 g/mol. The Bertz CT molecular complexity index is 703. The number of hydrogen-bond donors (Lipinski definition) is 0. The number of hydrogen-bond acceptors (Lipinski definition) is 0. The molecule has 0 radical (unpaired) electrons. The summed E-state index contributed by atoms with van der Waals surface area (Å²) in [4.78, 5) is 0. The molecular formula is C17H14. The minimum Gasteiger partial charge on any atom is -0.0613 e. The Morgan fingerprint density at radius 3 is 2.82 bits per heavy atom. The Balaban J connectivity index is 2.07. The highest BCUT2D eigenvalue weighted by molar-refractivity contribution is 6.02. The van der Waals surface area contributed by atoms with Gasteiger partial charge in [0, 0.05) is 5.92 Å². The lowest BCUT2D eigenvalue weighted by molar-refractivity contribution is 0.565. The van der Waals surface area contributed by atoms with Crippen LogP contribution < -0.4 is 0 Å². The molecule has 0 spiro atoms. The van der Waals surface area contributed by atoms with Crippen LogP contribution in [0.25, 0.3) is 16.3 Å². The standard InChI is InChI=1S/C17H14/c1-2-10-4-5-11-6-7-15-13-9-8-12(13)14(3-1)16(10)17(11)15/h1-5,12H,6-9H2. The molecule has 0 aromatic heterocycles. The largest absolute Gasteiger partial charge is 0.0613 e. The zero-order valence-electron chi connectivity index (χ0n) is 9.79. The van der Waals surface area contributed by atoms with Crippen molar-refractivity contribution in [3.8, 4) is 0 Å². The first-order chi connectivity index (χ1) is 8.43. The second-order valence-corrected chi connectivity index (χ2v) is 5.64. The van der Waals surface area contributed by atoms with Crippen LogP contribution in [0, 0.1) is 0 Å². The summed E-state index contributed by atoms with van der Waals surface area (Å²) in [5, 5.41) is 3.04. The molecule has 3 aliphatic carbocycles. The SMILES string of the molecule is c1cc2c3c4c(ccc3c1)CCC4=C1CCC12. The van der Waals surface area contributed by atoms with E-state index < -0.39 is 0 Å². The molecule has 2 aromatic carbocycles. The maximum absolute atomic E-state index is 2.36. The number of aryl methyl sites for hydroxylation is 1. The summed E-state index contributed by atoms with van der Waals surface area (Å²) in [5.74, 6) is 0.773. The molecule has 0 aliphatic heterocycles. The van der Waals surface area contributed by atoms with Gasteiger partial charge in [-0.05, 0) is 58.7 Å². The van der Waals surface area contributed by atoms with E-state index in [0.717, 1.165) is 5.92 Å². The summed E-state index contributed by atoms with van der Waals surface area (Å²) in [6, 6.07) is 11.6. The summed E-state index contributed by atoms with van der Waals surface area (Å²) < 4.78 is 0. The zero-order valence-corrected chi connectivity index (χ0v) is 9.79. The molecule has 1 unspecified atom stereocenters. The van der Waals surface area contributed by atoms with Crippen molar-refractivity contribution < 1.29 is 0 Å². The van der Waals surface area contributed by atoms with Gasteiger partial charge in [0.2, 0.25) is 0 Å². The summed E-state index contributed by atoms with van der Waals surface area (Å²) in [6.07, 6.45) is 5.30. The normalized spacial score (nSPS) is 23.9. The minimum atomic E-state index is 0.773. The third-order valence-electron chi connectivity index (χ3n) is 5.00. The van der Waals surface area contributed by atoms with E-state index >= 15 is 0 Å². The molecule has 2 aromatic rings. The smallest absolute Gasteiger partial charge is 0.00636 e. The topological polar surface area (TPSA) is 0 Å². The molecule has 0 N–H and O–H groups in total. The van der Waals surface area contributed by atoms with E-state index in [9.17, 15) is 0 Å². The quantitative estimate of drug-likeness (QED) is 0.613. The van der Waals surface area contributed by atoms with Crippen LogP contribution in [0.1, 0.15) is 41.9 Å². The predicted molar refractivity (Wildman–Crippen MR) is 71.2 cm³/mol. The predicted octanol–water partition coefficient (Wildman–Crippen LogP) is 4.43. The Morgan fingerprint density at radius 2 is 1.94 bits per heavy atom. The van der Waals surface area contributed by atoms with Crippen molar-refractivity contribution in [1.82, 2.24) is 0 Å². The third kappa shape index (κ3) is 0.845. The van der Waals surface area contributed by atoms with Crippen LogP contribution >= 0.6 is 0 Å². The molecular weight excluding hydrogens is 204 g/mol. The highest BCUT2D eigenvalue weighted by Crippen LogP contribution is 2.56. The lowest BCUT2D eigenvalue weighted by atomic mass is 9.67. The molecule has 0 bridgehead atoms. The molecule has 1 fully saturated rings. The van der Waals surface area contributed by atoms with Gasteiger partial charge in [-0.15, -0.1) is 0 Å². The fraction of sp³-hybridized carbons (Fsp3) is 0.294. The van der Waals surface area contributed by atoms with Gasteiger partial charge in [0.1, 0.15) is 0 Å². The van der Waals surface area contributed by atoms with E-state index in [-0.39, 0.29) is 0 Å². The monoisotopic (exact) mass is 218 g/mol. The van der Waals surface area contributed by atoms with Gasteiger partial charge in [-0.25, -0.2) is 0 Å². The number of benzene rings is 2. The van der Waals surface area contributed by atoms with Crippen molar-refractivity contribution in [1.29, 1.82) is 0 Å². The third-order valence-corrected chi connectivity index (χ3v) is 5.00. The summed E-state index contributed by atoms with van der Waals surface area (Å²) in [7, 11) is 0. The van der Waals surface area contributed by atoms with Gasteiger partial charge < -0.3 is 0 Å². The highest BCUT2D eigenvalue weighted by Gasteiger charge is 2.37. The first-order valence-electron chi connectivity index (χ1n) is 6.70. The molecule has 1 saturated carbocycles. The molecule has 5 rings (SSSR count). The molecule has 0 saturated heterocycles. The first-order valence-corrected chi connectivity index (χ1v) is 6.70. The van der Waals surface area contributed by atoms with Gasteiger partial charge in [-0.1, -0.05) is 35.9 Å². The van der Waals surface area contributed by atoms with E-state index in [2.05, 4.69) is 30.3 Å². The average Bonchev–Trinajstić information content (AvgIpc) is 2.71. The molecule has 3 aliphatic rings. The van der Waals surface area contributed by atoms with Crippen LogP contribution in [-0.4, -0.2) is 0 Å². The van der Waals surface area contributed by atoms with Gasteiger partial charge in [-0.3, -0.25) is 0 Å². The maximum atomic E-state index is 2.36. The highest BCUT2D eigenvalue weighted by atomic mass is 14.4. The van der Waals surface area contributed by atoms with Crippen molar-refractivity contribution in [3.05, 3.63) is 52.6 Å². The van der Waals surface area contributed by atoms with Crippen LogP contribution in [0.15, 0.2) is 35.9 Å². The Morgan fingerprint density at radius 1 is 0.941 bits per heavy atom. The van der Waals surface area contributed by atoms with E-state index in [4.69, 9.17) is 0 Å². The van der Waals surface area contributed by atoms with Crippen LogP contribution in [0.2, 0.25) is 0 Å². The van der Waals surface area contributed by atoms with Crippen LogP contribution in [0.3, 0.4) is 0 Å². The number of allylic oxidation sites excluding steroid dienone is 2. The molecule has 0 heteroatoms. The summed E-state index contributed by atoms with van der Waals surface area (Å²) in [5.41, 5.74) is 8.34. The van der Waals surface area contributed by atoms with Crippen LogP contribution in [-0.2, 0) is 6.42 Å². The van der Waals surface area contributed by atoms with Crippen LogP contribution in [0.4, 0.5) is 0 Å². The lowest BCUT2D eigenvalue weighted by Gasteiger charge is -2.37. The van der Waals surface area contributed by atoms with Crippen molar-refractivity contribution in [2.24, 2.45) is 0 Å². The van der Waals surface area contributed by atoms with E-state index in [0.29, 0.717) is 0 Å². The zero-order chi connectivity index (χ0) is 11.0. The molecule has 82 valence electrons.